The monoisotopic (exact) mass is 456 g/mol. The molecule has 0 atom stereocenters. The molecule has 162 valence electrons. The first-order valence-corrected chi connectivity index (χ1v) is 12.1. The van der Waals surface area contributed by atoms with Crippen molar-refractivity contribution < 1.29 is 9.59 Å². The number of anilines is 2. The summed E-state index contributed by atoms with van der Waals surface area (Å²) in [5.41, 5.74) is 2.50. The van der Waals surface area contributed by atoms with Gasteiger partial charge < -0.3 is 10.6 Å². The van der Waals surface area contributed by atoms with E-state index in [0.29, 0.717) is 23.1 Å². The minimum Gasteiger partial charge on any atom is -0.326 e. The Kier molecular flexibility index (Phi) is 6.43. The molecule has 4 rings (SSSR count). The molecule has 31 heavy (non-hydrogen) atoms. The van der Waals surface area contributed by atoms with Crippen LogP contribution in [0.1, 0.15) is 37.1 Å². The lowest BCUT2D eigenvalue weighted by Gasteiger charge is -2.12. The van der Waals surface area contributed by atoms with Crippen LogP contribution in [0.5, 0.6) is 0 Å². The van der Waals surface area contributed by atoms with Gasteiger partial charge in [-0.3, -0.25) is 19.0 Å². The highest BCUT2D eigenvalue weighted by atomic mass is 32.2. The molecule has 0 spiro atoms. The number of amides is 2. The zero-order valence-corrected chi connectivity index (χ0v) is 19.1. The van der Waals surface area contributed by atoms with Crippen molar-refractivity contribution in [1.29, 1.82) is 0 Å². The maximum atomic E-state index is 13.1. The van der Waals surface area contributed by atoms with Crippen molar-refractivity contribution in [2.24, 2.45) is 0 Å². The number of nitrogens with zero attached hydrogens (tertiary/aromatic N) is 2. The average molecular weight is 457 g/mol. The molecule has 0 saturated carbocycles. The molecule has 2 amide bonds. The molecule has 1 aliphatic rings. The van der Waals surface area contributed by atoms with E-state index in [4.69, 9.17) is 4.98 Å². The van der Waals surface area contributed by atoms with E-state index in [1.54, 1.807) is 40.2 Å². The molecular formula is C22H24N4O3S2. The number of hydrogen-bond donors (Lipinski definition) is 2. The topological polar surface area (TPSA) is 93.1 Å². The number of thioether (sulfide) groups is 1. The summed E-state index contributed by atoms with van der Waals surface area (Å²) >= 11 is 2.90. The van der Waals surface area contributed by atoms with E-state index in [1.165, 1.54) is 29.1 Å². The van der Waals surface area contributed by atoms with Crippen LogP contribution in [0.15, 0.2) is 34.2 Å². The third-order valence-corrected chi connectivity index (χ3v) is 7.34. The second-order valence-electron chi connectivity index (χ2n) is 7.43. The minimum atomic E-state index is -0.181. The maximum Gasteiger partial charge on any atom is 0.263 e. The van der Waals surface area contributed by atoms with E-state index in [-0.39, 0.29) is 23.1 Å². The summed E-state index contributed by atoms with van der Waals surface area (Å²) in [5, 5.41) is 6.87. The zero-order chi connectivity index (χ0) is 22.0. The normalized spacial score (nSPS) is 13.1. The Hall–Kier alpha value is -2.65. The van der Waals surface area contributed by atoms with Gasteiger partial charge in [0.25, 0.3) is 5.56 Å². The zero-order valence-electron chi connectivity index (χ0n) is 17.5. The fourth-order valence-corrected chi connectivity index (χ4v) is 5.94. The number of hydrogen-bond acceptors (Lipinski definition) is 6. The summed E-state index contributed by atoms with van der Waals surface area (Å²) in [6, 6.07) is 6.92. The Balaban J connectivity index is 1.49. The van der Waals surface area contributed by atoms with Crippen molar-refractivity contribution in [2.75, 3.05) is 16.4 Å². The van der Waals surface area contributed by atoms with Gasteiger partial charge in [0.1, 0.15) is 4.83 Å². The number of rotatable bonds is 6. The standard InChI is InChI=1S/C22H24N4O3S2/c1-3-26-21(29)19-16-6-4-5-7-17(16)31-20(19)25-22(26)30-12-18(28)24-15-10-8-14(9-11-15)23-13(2)27/h8-11H,3-7,12H2,1-2H3,(H,23,27)(H,24,28). The predicted molar refractivity (Wildman–Crippen MR) is 126 cm³/mol. The summed E-state index contributed by atoms with van der Waals surface area (Å²) in [6.07, 6.45) is 4.25. The summed E-state index contributed by atoms with van der Waals surface area (Å²) in [5.74, 6) is -0.179. The van der Waals surface area contributed by atoms with Crippen LogP contribution in [0, 0.1) is 0 Å². The smallest absolute Gasteiger partial charge is 0.263 e. The van der Waals surface area contributed by atoms with Gasteiger partial charge in [-0.2, -0.15) is 0 Å². The second-order valence-corrected chi connectivity index (χ2v) is 9.46. The minimum absolute atomic E-state index is 0.00312. The molecule has 0 fully saturated rings. The molecule has 0 bridgehead atoms. The van der Waals surface area contributed by atoms with Crippen LogP contribution in [0.3, 0.4) is 0 Å². The lowest BCUT2D eigenvalue weighted by atomic mass is 9.97. The van der Waals surface area contributed by atoms with Crippen molar-refractivity contribution in [3.8, 4) is 0 Å². The summed E-state index contributed by atoms with van der Waals surface area (Å²) in [4.78, 5) is 43.5. The van der Waals surface area contributed by atoms with Crippen molar-refractivity contribution >= 4 is 56.5 Å². The molecule has 1 aromatic carbocycles. The molecule has 2 aromatic heterocycles. The van der Waals surface area contributed by atoms with Crippen LogP contribution in [0.2, 0.25) is 0 Å². The number of thiophene rings is 1. The number of benzene rings is 1. The highest BCUT2D eigenvalue weighted by molar-refractivity contribution is 7.99. The van der Waals surface area contributed by atoms with Gasteiger partial charge in [-0.05, 0) is 62.4 Å². The number of fused-ring (bicyclic) bond motifs is 3. The molecular weight excluding hydrogens is 432 g/mol. The quantitative estimate of drug-likeness (QED) is 0.431. The number of aryl methyl sites for hydroxylation is 2. The van der Waals surface area contributed by atoms with Crippen LogP contribution in [-0.4, -0.2) is 27.1 Å². The van der Waals surface area contributed by atoms with E-state index in [0.717, 1.165) is 35.9 Å². The number of aromatic nitrogens is 2. The third-order valence-electron chi connectivity index (χ3n) is 5.18. The van der Waals surface area contributed by atoms with E-state index in [2.05, 4.69) is 10.6 Å². The van der Waals surface area contributed by atoms with Gasteiger partial charge in [0.15, 0.2) is 5.16 Å². The number of carbonyl (C=O) groups excluding carboxylic acids is 2. The van der Waals surface area contributed by atoms with Crippen LogP contribution in [0.4, 0.5) is 11.4 Å². The first kappa shape index (κ1) is 21.6. The van der Waals surface area contributed by atoms with E-state index < -0.39 is 0 Å². The van der Waals surface area contributed by atoms with Gasteiger partial charge in [0.2, 0.25) is 11.8 Å². The molecule has 2 N–H and O–H groups in total. The third kappa shape index (κ3) is 4.67. The number of carbonyl (C=O) groups is 2. The largest absolute Gasteiger partial charge is 0.326 e. The van der Waals surface area contributed by atoms with Crippen molar-refractivity contribution in [1.82, 2.24) is 9.55 Å². The number of nitrogens with one attached hydrogen (secondary N) is 2. The van der Waals surface area contributed by atoms with E-state index >= 15 is 0 Å². The van der Waals surface area contributed by atoms with Crippen molar-refractivity contribution in [3.05, 3.63) is 45.1 Å². The SMILES string of the molecule is CCn1c(SCC(=O)Nc2ccc(NC(C)=O)cc2)nc2sc3c(c2c1=O)CCCC3. The summed E-state index contributed by atoms with van der Waals surface area (Å²) in [6.45, 7) is 3.88. The van der Waals surface area contributed by atoms with Gasteiger partial charge in [-0.25, -0.2) is 4.98 Å². The lowest BCUT2D eigenvalue weighted by Crippen LogP contribution is -2.24. The molecule has 0 saturated heterocycles. The van der Waals surface area contributed by atoms with Crippen LogP contribution >= 0.6 is 23.1 Å². The molecule has 3 aromatic rings. The van der Waals surface area contributed by atoms with Crippen LogP contribution in [0.25, 0.3) is 10.2 Å². The van der Waals surface area contributed by atoms with Crippen molar-refractivity contribution in [2.45, 2.75) is 51.2 Å². The first-order chi connectivity index (χ1) is 15.0. The fraction of sp³-hybridized carbons (Fsp3) is 0.364. The Morgan fingerprint density at radius 3 is 2.48 bits per heavy atom. The van der Waals surface area contributed by atoms with Gasteiger partial charge in [-0.15, -0.1) is 11.3 Å². The van der Waals surface area contributed by atoms with Gasteiger partial charge >= 0.3 is 0 Å². The Labute approximate surface area is 188 Å². The lowest BCUT2D eigenvalue weighted by molar-refractivity contribution is -0.114. The van der Waals surface area contributed by atoms with E-state index in [9.17, 15) is 14.4 Å². The summed E-state index contributed by atoms with van der Waals surface area (Å²) < 4.78 is 1.67. The van der Waals surface area contributed by atoms with Gasteiger partial charge in [0.05, 0.1) is 11.1 Å². The molecule has 0 aliphatic heterocycles. The molecule has 9 heteroatoms. The van der Waals surface area contributed by atoms with Gasteiger partial charge in [0, 0.05) is 29.7 Å². The highest BCUT2D eigenvalue weighted by Crippen LogP contribution is 2.34. The molecule has 0 radical (unpaired) electrons. The average Bonchev–Trinajstić information content (AvgIpc) is 3.12. The van der Waals surface area contributed by atoms with E-state index in [1.807, 2.05) is 6.92 Å². The fourth-order valence-electron chi connectivity index (χ4n) is 3.78. The highest BCUT2D eigenvalue weighted by Gasteiger charge is 2.22. The Bertz CT molecular complexity index is 1200. The van der Waals surface area contributed by atoms with Crippen LogP contribution in [-0.2, 0) is 29.0 Å². The molecule has 1 aliphatic carbocycles. The van der Waals surface area contributed by atoms with Crippen LogP contribution < -0.4 is 16.2 Å². The Morgan fingerprint density at radius 2 is 1.81 bits per heavy atom. The maximum absolute atomic E-state index is 13.1. The molecule has 0 unspecified atom stereocenters. The summed E-state index contributed by atoms with van der Waals surface area (Å²) in [7, 11) is 0. The first-order valence-electron chi connectivity index (χ1n) is 10.3. The van der Waals surface area contributed by atoms with Crippen molar-refractivity contribution in [3.63, 3.8) is 0 Å². The predicted octanol–water partition coefficient (Wildman–Crippen LogP) is 4.05. The second kappa shape index (κ2) is 9.23. The Morgan fingerprint density at radius 1 is 1.13 bits per heavy atom. The molecule has 7 nitrogen and oxygen atoms in total. The molecule has 2 heterocycles. The van der Waals surface area contributed by atoms with Gasteiger partial charge in [-0.1, -0.05) is 11.8 Å².